The molecule has 0 saturated carbocycles. The minimum Gasteiger partial charge on any atom is -0.383 e. The van der Waals surface area contributed by atoms with Crippen molar-refractivity contribution in [2.75, 3.05) is 18.5 Å². The van der Waals surface area contributed by atoms with E-state index in [-0.39, 0.29) is 5.82 Å². The number of benzene rings is 2. The van der Waals surface area contributed by atoms with Crippen molar-refractivity contribution >= 4 is 21.6 Å². The van der Waals surface area contributed by atoms with Gasteiger partial charge in [0, 0.05) is 16.7 Å². The molecule has 2 rings (SSSR count). The van der Waals surface area contributed by atoms with E-state index in [1.54, 1.807) is 12.1 Å². The monoisotopic (exact) mass is 323 g/mol. The number of nitrogens with one attached hydrogen (secondary N) is 1. The zero-order valence-corrected chi connectivity index (χ0v) is 12.0. The molecule has 2 aromatic rings. The first kappa shape index (κ1) is 14.0. The predicted molar refractivity (Wildman–Crippen MR) is 78.7 cm³/mol. The van der Waals surface area contributed by atoms with Gasteiger partial charge in [0.1, 0.15) is 5.82 Å². The zero-order valence-electron chi connectivity index (χ0n) is 10.4. The Bertz CT molecular complexity index is 516. The highest BCUT2D eigenvalue weighted by atomic mass is 79.9. The van der Waals surface area contributed by atoms with Crippen LogP contribution in [0.2, 0.25) is 0 Å². The van der Waals surface area contributed by atoms with Gasteiger partial charge in [-0.15, -0.1) is 0 Å². The van der Waals surface area contributed by atoms with Crippen molar-refractivity contribution in [2.45, 2.75) is 6.61 Å². The van der Waals surface area contributed by atoms with Crippen LogP contribution in [-0.4, -0.2) is 13.2 Å². The minimum absolute atomic E-state index is 0.226. The van der Waals surface area contributed by atoms with E-state index in [1.165, 1.54) is 12.1 Å². The number of hydrogen-bond acceptors (Lipinski definition) is 2. The second-order valence-electron chi connectivity index (χ2n) is 4.12. The summed E-state index contributed by atoms with van der Waals surface area (Å²) >= 11 is 3.42. The predicted octanol–water partition coefficient (Wildman–Crippen LogP) is 4.22. The van der Waals surface area contributed by atoms with Gasteiger partial charge in [-0.05, 0) is 42.0 Å². The number of halogens is 2. The number of ether oxygens (including phenoxy) is 1. The number of anilines is 1. The lowest BCUT2D eigenvalue weighted by atomic mass is 10.2. The van der Waals surface area contributed by atoms with Crippen LogP contribution in [0.5, 0.6) is 0 Å². The summed E-state index contributed by atoms with van der Waals surface area (Å²) in [4.78, 5) is 0. The first-order chi connectivity index (χ1) is 9.24. The Morgan fingerprint density at radius 1 is 1.11 bits per heavy atom. The Balaban J connectivity index is 1.66. The van der Waals surface area contributed by atoms with Crippen LogP contribution in [0.25, 0.3) is 0 Å². The van der Waals surface area contributed by atoms with Crippen LogP contribution in [0, 0.1) is 5.82 Å². The molecule has 0 aliphatic carbocycles. The Kier molecular flexibility index (Phi) is 5.36. The molecule has 0 bridgehead atoms. The molecule has 2 aromatic carbocycles. The van der Waals surface area contributed by atoms with Crippen molar-refractivity contribution in [1.29, 1.82) is 0 Å². The first-order valence-corrected chi connectivity index (χ1v) is 6.85. The normalized spacial score (nSPS) is 10.4. The van der Waals surface area contributed by atoms with Crippen LogP contribution in [0.1, 0.15) is 5.56 Å². The lowest BCUT2D eigenvalue weighted by Crippen LogP contribution is -2.09. The maximum Gasteiger partial charge on any atom is 0.123 e. The van der Waals surface area contributed by atoms with Crippen molar-refractivity contribution in [1.82, 2.24) is 0 Å². The van der Waals surface area contributed by atoms with Gasteiger partial charge in [-0.3, -0.25) is 0 Å². The first-order valence-electron chi connectivity index (χ1n) is 6.06. The largest absolute Gasteiger partial charge is 0.383 e. The summed E-state index contributed by atoms with van der Waals surface area (Å²) in [6.45, 7) is 1.88. The second-order valence-corrected chi connectivity index (χ2v) is 5.03. The molecule has 0 saturated heterocycles. The molecule has 1 N–H and O–H groups in total. The van der Waals surface area contributed by atoms with E-state index < -0.39 is 0 Å². The fourth-order valence-corrected chi connectivity index (χ4v) is 2.10. The van der Waals surface area contributed by atoms with Crippen LogP contribution in [0.4, 0.5) is 10.1 Å². The van der Waals surface area contributed by atoms with Crippen LogP contribution in [0.3, 0.4) is 0 Å². The van der Waals surface area contributed by atoms with Crippen LogP contribution in [0.15, 0.2) is 53.0 Å². The molecule has 0 aromatic heterocycles. The Hall–Kier alpha value is -1.39. The summed E-state index contributed by atoms with van der Waals surface area (Å²) in [6, 6.07) is 14.3. The number of rotatable bonds is 6. The summed E-state index contributed by atoms with van der Waals surface area (Å²) in [6.07, 6.45) is 0. The van der Waals surface area contributed by atoms with Crippen LogP contribution >= 0.6 is 15.9 Å². The van der Waals surface area contributed by atoms with Crippen molar-refractivity contribution in [3.63, 3.8) is 0 Å². The fraction of sp³-hybridized carbons (Fsp3) is 0.200. The molecular weight excluding hydrogens is 309 g/mol. The summed E-state index contributed by atoms with van der Waals surface area (Å²) in [7, 11) is 0. The molecule has 0 radical (unpaired) electrons. The number of hydrogen-bond donors (Lipinski definition) is 1. The van der Waals surface area contributed by atoms with Crippen molar-refractivity contribution in [3.05, 3.63) is 64.4 Å². The Morgan fingerprint density at radius 3 is 2.63 bits per heavy atom. The lowest BCUT2D eigenvalue weighted by molar-refractivity contribution is 0.130. The van der Waals surface area contributed by atoms with E-state index in [0.717, 1.165) is 15.7 Å². The van der Waals surface area contributed by atoms with Crippen LogP contribution < -0.4 is 5.32 Å². The van der Waals surface area contributed by atoms with Gasteiger partial charge in [0.25, 0.3) is 0 Å². The molecule has 100 valence electrons. The molecule has 0 aliphatic heterocycles. The van der Waals surface area contributed by atoms with Gasteiger partial charge in [-0.2, -0.15) is 0 Å². The highest BCUT2D eigenvalue weighted by molar-refractivity contribution is 9.10. The molecule has 0 aliphatic rings. The summed E-state index contributed by atoms with van der Waals surface area (Å²) in [5.74, 6) is -0.226. The topological polar surface area (TPSA) is 21.3 Å². The van der Waals surface area contributed by atoms with Gasteiger partial charge in [0.2, 0.25) is 0 Å². The third-order valence-corrected chi connectivity index (χ3v) is 3.07. The average molecular weight is 324 g/mol. The molecule has 0 spiro atoms. The maximum absolute atomic E-state index is 12.7. The average Bonchev–Trinajstić information content (AvgIpc) is 2.41. The standard InChI is InChI=1S/C15H15BrFNO/c16-13-3-1-2-12(10-13)11-19-9-8-18-15-6-4-14(17)5-7-15/h1-7,10,18H,8-9,11H2. The Labute approximate surface area is 120 Å². The van der Waals surface area contributed by atoms with E-state index in [1.807, 2.05) is 24.3 Å². The van der Waals surface area contributed by atoms with Gasteiger partial charge in [0.15, 0.2) is 0 Å². The van der Waals surface area contributed by atoms with E-state index in [2.05, 4.69) is 21.2 Å². The van der Waals surface area contributed by atoms with E-state index >= 15 is 0 Å². The second kappa shape index (κ2) is 7.26. The van der Waals surface area contributed by atoms with Crippen LogP contribution in [-0.2, 0) is 11.3 Å². The van der Waals surface area contributed by atoms with Crippen molar-refractivity contribution in [2.24, 2.45) is 0 Å². The molecule has 19 heavy (non-hydrogen) atoms. The van der Waals surface area contributed by atoms with Gasteiger partial charge in [0.05, 0.1) is 13.2 Å². The Morgan fingerprint density at radius 2 is 1.89 bits per heavy atom. The SMILES string of the molecule is Fc1ccc(NCCOCc2cccc(Br)c2)cc1. The molecule has 0 fully saturated rings. The molecule has 0 atom stereocenters. The van der Waals surface area contributed by atoms with E-state index in [9.17, 15) is 4.39 Å². The molecule has 0 heterocycles. The summed E-state index contributed by atoms with van der Waals surface area (Å²) in [5, 5.41) is 3.17. The van der Waals surface area contributed by atoms with Crippen molar-refractivity contribution < 1.29 is 9.13 Å². The third-order valence-electron chi connectivity index (χ3n) is 2.58. The van der Waals surface area contributed by atoms with Crippen molar-refractivity contribution in [3.8, 4) is 0 Å². The van der Waals surface area contributed by atoms with Gasteiger partial charge >= 0.3 is 0 Å². The third kappa shape index (κ3) is 5.01. The van der Waals surface area contributed by atoms with E-state index in [0.29, 0.717) is 19.8 Å². The highest BCUT2D eigenvalue weighted by Crippen LogP contribution is 2.12. The molecule has 0 amide bonds. The molecule has 4 heteroatoms. The zero-order chi connectivity index (χ0) is 13.5. The smallest absolute Gasteiger partial charge is 0.123 e. The van der Waals surface area contributed by atoms with Gasteiger partial charge < -0.3 is 10.1 Å². The molecular formula is C15H15BrFNO. The maximum atomic E-state index is 12.7. The van der Waals surface area contributed by atoms with E-state index in [4.69, 9.17) is 4.74 Å². The summed E-state index contributed by atoms with van der Waals surface area (Å²) < 4.78 is 19.3. The van der Waals surface area contributed by atoms with Gasteiger partial charge in [-0.25, -0.2) is 4.39 Å². The molecule has 0 unspecified atom stereocenters. The molecule has 2 nitrogen and oxygen atoms in total. The summed E-state index contributed by atoms with van der Waals surface area (Å²) in [5.41, 5.74) is 2.03. The van der Waals surface area contributed by atoms with Gasteiger partial charge in [-0.1, -0.05) is 28.1 Å². The highest BCUT2D eigenvalue weighted by Gasteiger charge is 1.95. The minimum atomic E-state index is -0.226. The lowest BCUT2D eigenvalue weighted by Gasteiger charge is -2.07. The quantitative estimate of drug-likeness (QED) is 0.804. The fourth-order valence-electron chi connectivity index (χ4n) is 1.65.